The van der Waals surface area contributed by atoms with E-state index in [-0.39, 0.29) is 23.0 Å². The number of aromatic nitrogens is 2. The fourth-order valence-corrected chi connectivity index (χ4v) is 5.69. The number of hydrogen-bond donors (Lipinski definition) is 3. The smallest absolute Gasteiger partial charge is 0.358 e. The van der Waals surface area contributed by atoms with Crippen LogP contribution in [0, 0.1) is 0 Å². The summed E-state index contributed by atoms with van der Waals surface area (Å²) in [4.78, 5) is 22.8. The Morgan fingerprint density at radius 1 is 1.06 bits per heavy atom. The van der Waals surface area contributed by atoms with Crippen LogP contribution in [-0.2, 0) is 21.2 Å². The van der Waals surface area contributed by atoms with E-state index in [9.17, 15) is 13.2 Å². The van der Waals surface area contributed by atoms with Gasteiger partial charge in [0, 0.05) is 17.0 Å². The van der Waals surface area contributed by atoms with Crippen LogP contribution in [0.1, 0.15) is 27.9 Å². The van der Waals surface area contributed by atoms with Crippen molar-refractivity contribution in [3.8, 4) is 9.88 Å². The molecule has 0 fully saturated rings. The Balaban J connectivity index is 1.63. The Kier molecular flexibility index (Phi) is 6.93. The zero-order valence-corrected chi connectivity index (χ0v) is 20.5. The zero-order valence-electron chi connectivity index (χ0n) is 18.0. The number of nitrogens with two attached hydrogens (primary N) is 2. The van der Waals surface area contributed by atoms with Crippen molar-refractivity contribution in [1.82, 2.24) is 9.97 Å². The predicted octanol–water partition coefficient (Wildman–Crippen LogP) is 4.01. The molecule has 9 nitrogen and oxygen atoms in total. The highest BCUT2D eigenvalue weighted by Crippen LogP contribution is 2.40. The maximum Gasteiger partial charge on any atom is 0.358 e. The summed E-state index contributed by atoms with van der Waals surface area (Å²) in [5.74, 6) is -0.212. The largest absolute Gasteiger partial charge is 0.461 e. The lowest BCUT2D eigenvalue weighted by atomic mass is 10.1. The third-order valence-corrected chi connectivity index (χ3v) is 7.78. The van der Waals surface area contributed by atoms with Gasteiger partial charge in [-0.15, -0.1) is 11.3 Å². The first kappa shape index (κ1) is 23.8. The molecule has 0 atom stereocenters. The standard InChI is InChI=1S/C22H21N5O4S3/c1-2-31-21(28)17-16(12-13-6-4-3-5-7-13)32-20(26-17)18-19(23)27-22(33-18)25-14-8-10-15(11-9-14)34(24,29)30/h3-11H,2,12,23H2,1H3,(H,25,27)(H2,24,29,30). The van der Waals surface area contributed by atoms with Crippen molar-refractivity contribution in [2.24, 2.45) is 5.14 Å². The summed E-state index contributed by atoms with van der Waals surface area (Å²) in [7, 11) is -3.77. The van der Waals surface area contributed by atoms with Crippen molar-refractivity contribution in [3.05, 3.63) is 70.7 Å². The van der Waals surface area contributed by atoms with Gasteiger partial charge in [0.1, 0.15) is 15.7 Å². The van der Waals surface area contributed by atoms with Gasteiger partial charge in [-0.25, -0.2) is 28.3 Å². The second-order valence-electron chi connectivity index (χ2n) is 7.10. The molecule has 0 bridgehead atoms. The van der Waals surface area contributed by atoms with Crippen LogP contribution in [0.5, 0.6) is 0 Å². The topological polar surface area (TPSA) is 150 Å². The Hall–Kier alpha value is -3.32. The highest BCUT2D eigenvalue weighted by atomic mass is 32.2. The minimum atomic E-state index is -3.77. The molecule has 0 aliphatic heterocycles. The molecule has 0 spiro atoms. The fraction of sp³-hybridized carbons (Fsp3) is 0.136. The monoisotopic (exact) mass is 515 g/mol. The lowest BCUT2D eigenvalue weighted by molar-refractivity contribution is 0.0519. The molecule has 12 heteroatoms. The van der Waals surface area contributed by atoms with Gasteiger partial charge < -0.3 is 15.8 Å². The quantitative estimate of drug-likeness (QED) is 0.298. The third-order valence-electron chi connectivity index (χ3n) is 4.66. The minimum absolute atomic E-state index is 0.0117. The number of primary sulfonamides is 1. The van der Waals surface area contributed by atoms with Crippen LogP contribution in [0.25, 0.3) is 9.88 Å². The summed E-state index contributed by atoms with van der Waals surface area (Å²) in [6, 6.07) is 15.7. The Morgan fingerprint density at radius 3 is 2.41 bits per heavy atom. The van der Waals surface area contributed by atoms with Gasteiger partial charge in [0.15, 0.2) is 10.8 Å². The number of sulfonamides is 1. The predicted molar refractivity (Wildman–Crippen MR) is 134 cm³/mol. The molecule has 0 unspecified atom stereocenters. The average Bonchev–Trinajstić information content (AvgIpc) is 3.37. The molecule has 0 saturated carbocycles. The van der Waals surface area contributed by atoms with E-state index in [0.29, 0.717) is 27.1 Å². The lowest BCUT2D eigenvalue weighted by Gasteiger charge is -2.03. The van der Waals surface area contributed by atoms with E-state index in [4.69, 9.17) is 15.6 Å². The minimum Gasteiger partial charge on any atom is -0.461 e. The summed E-state index contributed by atoms with van der Waals surface area (Å²) in [5, 5.41) is 9.30. The molecule has 2 aromatic carbocycles. The third kappa shape index (κ3) is 5.42. The SMILES string of the molecule is CCOC(=O)c1nc(-c2sc(Nc3ccc(S(N)(=O)=O)cc3)nc2N)sc1Cc1ccccc1. The number of nitrogens with one attached hydrogen (secondary N) is 1. The van der Waals surface area contributed by atoms with E-state index in [2.05, 4.69) is 15.3 Å². The van der Waals surface area contributed by atoms with Crippen molar-refractivity contribution in [1.29, 1.82) is 0 Å². The zero-order chi connectivity index (χ0) is 24.3. The van der Waals surface area contributed by atoms with Crippen LogP contribution in [0.4, 0.5) is 16.6 Å². The van der Waals surface area contributed by atoms with Gasteiger partial charge in [-0.05, 0) is 36.8 Å². The van der Waals surface area contributed by atoms with Gasteiger partial charge >= 0.3 is 5.97 Å². The number of carbonyl (C=O) groups excluding carboxylic acids is 1. The van der Waals surface area contributed by atoms with Crippen LogP contribution >= 0.6 is 22.7 Å². The molecule has 4 aromatic rings. The van der Waals surface area contributed by atoms with E-state index in [1.54, 1.807) is 19.1 Å². The molecule has 0 amide bonds. The summed E-state index contributed by atoms with van der Waals surface area (Å²) in [5.41, 5.74) is 8.10. The van der Waals surface area contributed by atoms with Crippen molar-refractivity contribution in [2.75, 3.05) is 17.7 Å². The molecule has 5 N–H and O–H groups in total. The van der Waals surface area contributed by atoms with Crippen LogP contribution in [-0.4, -0.2) is 31.0 Å². The summed E-state index contributed by atoms with van der Waals surface area (Å²) in [6.07, 6.45) is 0.535. The average molecular weight is 516 g/mol. The first-order valence-electron chi connectivity index (χ1n) is 10.1. The molecule has 34 heavy (non-hydrogen) atoms. The number of carbonyl (C=O) groups is 1. The fourth-order valence-electron chi connectivity index (χ4n) is 3.10. The van der Waals surface area contributed by atoms with E-state index < -0.39 is 16.0 Å². The second-order valence-corrected chi connectivity index (χ2v) is 10.7. The van der Waals surface area contributed by atoms with Gasteiger partial charge in [-0.3, -0.25) is 0 Å². The summed E-state index contributed by atoms with van der Waals surface area (Å²) >= 11 is 2.65. The maximum absolute atomic E-state index is 12.5. The first-order valence-corrected chi connectivity index (χ1v) is 13.3. The number of anilines is 3. The molecule has 4 rings (SSSR count). The van der Waals surface area contributed by atoms with Gasteiger partial charge in [0.2, 0.25) is 10.0 Å². The molecule has 0 aliphatic carbocycles. The number of nitrogen functional groups attached to an aromatic ring is 1. The molecule has 0 aliphatic rings. The first-order chi connectivity index (χ1) is 16.2. The van der Waals surface area contributed by atoms with Gasteiger partial charge in [-0.2, -0.15) is 0 Å². The number of benzene rings is 2. The van der Waals surface area contributed by atoms with E-state index in [1.165, 1.54) is 34.8 Å². The second kappa shape index (κ2) is 9.89. The number of esters is 1. The molecule has 0 radical (unpaired) electrons. The lowest BCUT2D eigenvalue weighted by Crippen LogP contribution is -2.11. The molecular weight excluding hydrogens is 494 g/mol. The van der Waals surface area contributed by atoms with Crippen LogP contribution < -0.4 is 16.2 Å². The highest BCUT2D eigenvalue weighted by molar-refractivity contribution is 7.89. The van der Waals surface area contributed by atoms with Gasteiger partial charge in [0.05, 0.1) is 11.5 Å². The van der Waals surface area contributed by atoms with Crippen molar-refractivity contribution in [3.63, 3.8) is 0 Å². The number of ether oxygens (including phenoxy) is 1. The maximum atomic E-state index is 12.5. The summed E-state index contributed by atoms with van der Waals surface area (Å²) < 4.78 is 28.1. The van der Waals surface area contributed by atoms with E-state index >= 15 is 0 Å². The number of rotatable bonds is 8. The van der Waals surface area contributed by atoms with Crippen LogP contribution in [0.15, 0.2) is 59.5 Å². The van der Waals surface area contributed by atoms with Gasteiger partial charge in [-0.1, -0.05) is 41.7 Å². The number of nitrogens with zero attached hydrogens (tertiary/aromatic N) is 2. The Bertz CT molecular complexity index is 1410. The van der Waals surface area contributed by atoms with Crippen LogP contribution in [0.2, 0.25) is 0 Å². The van der Waals surface area contributed by atoms with E-state index in [1.807, 2.05) is 30.3 Å². The van der Waals surface area contributed by atoms with E-state index in [0.717, 1.165) is 10.4 Å². The molecule has 2 heterocycles. The summed E-state index contributed by atoms with van der Waals surface area (Å²) in [6.45, 7) is 1.99. The Morgan fingerprint density at radius 2 is 1.76 bits per heavy atom. The Labute approximate surface area is 204 Å². The van der Waals surface area contributed by atoms with Crippen molar-refractivity contribution < 1.29 is 17.9 Å². The molecule has 0 saturated heterocycles. The van der Waals surface area contributed by atoms with Gasteiger partial charge in [0.25, 0.3) is 0 Å². The molecule has 176 valence electrons. The van der Waals surface area contributed by atoms with Crippen LogP contribution in [0.3, 0.4) is 0 Å². The number of hydrogen-bond acceptors (Lipinski definition) is 10. The van der Waals surface area contributed by atoms with Crippen molar-refractivity contribution >= 4 is 55.3 Å². The molecule has 2 aromatic heterocycles. The molecular formula is C22H21N5O4S3. The number of thiazole rings is 2. The normalized spacial score (nSPS) is 11.4. The van der Waals surface area contributed by atoms with Crippen molar-refractivity contribution in [2.45, 2.75) is 18.2 Å². The highest BCUT2D eigenvalue weighted by Gasteiger charge is 2.23.